The number of nitrogens with one attached hydrogen (secondary N) is 1. The number of hydrogen-bond donors (Lipinski definition) is 1. The molecule has 1 saturated heterocycles. The Morgan fingerprint density at radius 3 is 2.83 bits per heavy atom. The maximum Gasteiger partial charge on any atom is 0.387 e. The SMILES string of the molecule is C[C@@H]1CNCCN1C(=O)C1CC1c1ccccc1OC(F)F.Cl. The van der Waals surface area contributed by atoms with Crippen molar-refractivity contribution in [1.29, 1.82) is 0 Å². The van der Waals surface area contributed by atoms with Crippen LogP contribution in [-0.4, -0.2) is 43.1 Å². The highest BCUT2D eigenvalue weighted by Gasteiger charge is 2.47. The van der Waals surface area contributed by atoms with Crippen molar-refractivity contribution in [2.75, 3.05) is 19.6 Å². The van der Waals surface area contributed by atoms with Gasteiger partial charge in [-0.3, -0.25) is 4.79 Å². The fourth-order valence-corrected chi connectivity index (χ4v) is 3.18. The van der Waals surface area contributed by atoms with Gasteiger partial charge in [-0.2, -0.15) is 8.78 Å². The second-order valence-corrected chi connectivity index (χ2v) is 5.95. The molecule has 3 rings (SSSR count). The minimum absolute atomic E-state index is 0. The molecule has 4 nitrogen and oxygen atoms in total. The first-order valence-corrected chi connectivity index (χ1v) is 7.63. The molecule has 7 heteroatoms. The summed E-state index contributed by atoms with van der Waals surface area (Å²) in [6, 6.07) is 6.95. The standard InChI is InChI=1S/C16H20F2N2O2.ClH/c1-10-9-19-6-7-20(10)15(21)13-8-12(13)11-4-2-3-5-14(11)22-16(17)18;/h2-5,10,12-13,16,19H,6-9H2,1H3;1H/t10-,12?,13?;/m1./s1. The predicted octanol–water partition coefficient (Wildman–Crippen LogP) is 2.63. The molecular weight excluding hydrogens is 326 g/mol. The summed E-state index contributed by atoms with van der Waals surface area (Å²) in [5, 5.41) is 3.26. The first-order valence-electron chi connectivity index (χ1n) is 7.63. The van der Waals surface area contributed by atoms with Crippen LogP contribution in [0.3, 0.4) is 0 Å². The topological polar surface area (TPSA) is 41.6 Å². The predicted molar refractivity (Wildman–Crippen MR) is 85.2 cm³/mol. The normalized spacial score (nSPS) is 26.6. The zero-order valence-corrected chi connectivity index (χ0v) is 13.7. The number of para-hydroxylation sites is 1. The van der Waals surface area contributed by atoms with Gasteiger partial charge in [-0.05, 0) is 30.9 Å². The van der Waals surface area contributed by atoms with E-state index in [2.05, 4.69) is 10.1 Å². The summed E-state index contributed by atoms with van der Waals surface area (Å²) >= 11 is 0. The molecule has 0 bridgehead atoms. The molecule has 0 aromatic heterocycles. The van der Waals surface area contributed by atoms with E-state index in [0.29, 0.717) is 18.5 Å². The molecule has 1 heterocycles. The van der Waals surface area contributed by atoms with Gasteiger partial charge >= 0.3 is 6.61 Å². The lowest BCUT2D eigenvalue weighted by Gasteiger charge is -2.34. The van der Waals surface area contributed by atoms with E-state index in [1.165, 1.54) is 6.07 Å². The number of hydrogen-bond acceptors (Lipinski definition) is 3. The Bertz CT molecular complexity index is 559. The van der Waals surface area contributed by atoms with Crippen molar-refractivity contribution in [3.63, 3.8) is 0 Å². The summed E-state index contributed by atoms with van der Waals surface area (Å²) in [6.07, 6.45) is 0.707. The maximum absolute atomic E-state index is 12.6. The molecule has 1 aliphatic heterocycles. The van der Waals surface area contributed by atoms with Crippen LogP contribution in [0.5, 0.6) is 5.75 Å². The van der Waals surface area contributed by atoms with Crippen molar-refractivity contribution in [3.05, 3.63) is 29.8 Å². The fraction of sp³-hybridized carbons (Fsp3) is 0.562. The zero-order valence-electron chi connectivity index (χ0n) is 12.9. The van der Waals surface area contributed by atoms with Gasteiger partial charge in [0.1, 0.15) is 5.75 Å². The lowest BCUT2D eigenvalue weighted by molar-refractivity contribution is -0.135. The molecule has 23 heavy (non-hydrogen) atoms. The molecular formula is C16H21ClF2N2O2. The van der Waals surface area contributed by atoms with Gasteiger partial charge < -0.3 is 15.0 Å². The van der Waals surface area contributed by atoms with E-state index < -0.39 is 6.61 Å². The lowest BCUT2D eigenvalue weighted by Crippen LogP contribution is -2.52. The van der Waals surface area contributed by atoms with Crippen LogP contribution in [0.25, 0.3) is 0 Å². The summed E-state index contributed by atoms with van der Waals surface area (Å²) in [5.41, 5.74) is 0.712. The third-order valence-electron chi connectivity index (χ3n) is 4.43. The third-order valence-corrected chi connectivity index (χ3v) is 4.43. The molecule has 1 amide bonds. The van der Waals surface area contributed by atoms with E-state index in [-0.39, 0.29) is 41.9 Å². The lowest BCUT2D eigenvalue weighted by atomic mass is 10.1. The molecule has 3 atom stereocenters. The first-order chi connectivity index (χ1) is 10.6. The van der Waals surface area contributed by atoms with Gasteiger partial charge in [0, 0.05) is 31.6 Å². The number of amides is 1. The van der Waals surface area contributed by atoms with E-state index in [1.807, 2.05) is 11.8 Å². The third kappa shape index (κ3) is 3.93. The molecule has 2 unspecified atom stereocenters. The van der Waals surface area contributed by atoms with Crippen molar-refractivity contribution in [2.45, 2.75) is 31.9 Å². The zero-order chi connectivity index (χ0) is 15.7. The maximum atomic E-state index is 12.6. The molecule has 1 saturated carbocycles. The Labute approximate surface area is 140 Å². The highest BCUT2D eigenvalue weighted by Crippen LogP contribution is 2.51. The Morgan fingerprint density at radius 2 is 2.13 bits per heavy atom. The Morgan fingerprint density at radius 1 is 1.39 bits per heavy atom. The number of rotatable bonds is 4. The average molecular weight is 347 g/mol. The molecule has 2 aliphatic rings. The number of ether oxygens (including phenoxy) is 1. The molecule has 0 spiro atoms. The van der Waals surface area contributed by atoms with E-state index >= 15 is 0 Å². The average Bonchev–Trinajstić information content (AvgIpc) is 3.27. The first kappa shape index (κ1) is 17.9. The van der Waals surface area contributed by atoms with Crippen LogP contribution < -0.4 is 10.1 Å². The van der Waals surface area contributed by atoms with Crippen LogP contribution in [-0.2, 0) is 4.79 Å². The van der Waals surface area contributed by atoms with Crippen LogP contribution in [0.15, 0.2) is 24.3 Å². The number of piperazine rings is 1. The molecule has 1 aliphatic carbocycles. The van der Waals surface area contributed by atoms with E-state index in [4.69, 9.17) is 0 Å². The summed E-state index contributed by atoms with van der Waals surface area (Å²) in [6.45, 7) is 1.49. The van der Waals surface area contributed by atoms with Gasteiger partial charge in [0.15, 0.2) is 0 Å². The van der Waals surface area contributed by atoms with Gasteiger partial charge in [-0.15, -0.1) is 12.4 Å². The van der Waals surface area contributed by atoms with Gasteiger partial charge in [0.25, 0.3) is 0 Å². The van der Waals surface area contributed by atoms with Crippen molar-refractivity contribution >= 4 is 18.3 Å². The fourth-order valence-electron chi connectivity index (χ4n) is 3.18. The number of nitrogens with zero attached hydrogens (tertiary/aromatic N) is 1. The quantitative estimate of drug-likeness (QED) is 0.911. The molecule has 0 radical (unpaired) electrons. The van der Waals surface area contributed by atoms with Crippen LogP contribution in [0.4, 0.5) is 8.78 Å². The smallest absolute Gasteiger partial charge is 0.387 e. The van der Waals surface area contributed by atoms with Gasteiger partial charge in [-0.1, -0.05) is 18.2 Å². The minimum atomic E-state index is -2.85. The second-order valence-electron chi connectivity index (χ2n) is 5.95. The second kappa shape index (κ2) is 7.45. The van der Waals surface area contributed by atoms with Crippen LogP contribution in [0.1, 0.15) is 24.8 Å². The van der Waals surface area contributed by atoms with Crippen LogP contribution >= 0.6 is 12.4 Å². The molecule has 1 aromatic carbocycles. The summed E-state index contributed by atoms with van der Waals surface area (Å²) < 4.78 is 29.5. The molecule has 128 valence electrons. The van der Waals surface area contributed by atoms with Crippen molar-refractivity contribution in [1.82, 2.24) is 10.2 Å². The van der Waals surface area contributed by atoms with Crippen molar-refractivity contribution in [3.8, 4) is 5.75 Å². The number of alkyl halides is 2. The van der Waals surface area contributed by atoms with E-state index in [1.54, 1.807) is 18.2 Å². The Kier molecular flexibility index (Phi) is 5.81. The highest BCUT2D eigenvalue weighted by molar-refractivity contribution is 5.85. The summed E-state index contributed by atoms with van der Waals surface area (Å²) in [7, 11) is 0. The van der Waals surface area contributed by atoms with E-state index in [0.717, 1.165) is 13.1 Å². The Hall–Kier alpha value is -1.40. The number of carbonyl (C=O) groups excluding carboxylic acids is 1. The number of halogens is 3. The van der Waals surface area contributed by atoms with E-state index in [9.17, 15) is 13.6 Å². The van der Waals surface area contributed by atoms with Crippen molar-refractivity contribution < 1.29 is 18.3 Å². The number of carbonyl (C=O) groups is 1. The summed E-state index contributed by atoms with van der Waals surface area (Å²) in [4.78, 5) is 14.5. The summed E-state index contributed by atoms with van der Waals surface area (Å²) in [5.74, 6) is 0.199. The number of benzene rings is 1. The van der Waals surface area contributed by atoms with Gasteiger partial charge in [0.2, 0.25) is 5.91 Å². The van der Waals surface area contributed by atoms with Crippen molar-refractivity contribution in [2.24, 2.45) is 5.92 Å². The monoisotopic (exact) mass is 346 g/mol. The largest absolute Gasteiger partial charge is 0.435 e. The van der Waals surface area contributed by atoms with Gasteiger partial charge in [0.05, 0.1) is 0 Å². The molecule has 1 N–H and O–H groups in total. The molecule has 1 aromatic rings. The van der Waals surface area contributed by atoms with Crippen LogP contribution in [0.2, 0.25) is 0 Å². The molecule has 2 fully saturated rings. The van der Waals surface area contributed by atoms with Crippen LogP contribution in [0, 0.1) is 5.92 Å². The Balaban J connectivity index is 0.00000192. The minimum Gasteiger partial charge on any atom is -0.435 e. The van der Waals surface area contributed by atoms with Gasteiger partial charge in [-0.25, -0.2) is 0 Å². The highest BCUT2D eigenvalue weighted by atomic mass is 35.5.